The molecule has 1 aliphatic heterocycles. The molecule has 0 spiro atoms. The minimum atomic E-state index is 0. The summed E-state index contributed by atoms with van der Waals surface area (Å²) in [6, 6.07) is 14.2. The van der Waals surface area contributed by atoms with Crippen LogP contribution in [0.4, 0.5) is 11.4 Å². The van der Waals surface area contributed by atoms with E-state index in [-0.39, 0.29) is 24.8 Å². The van der Waals surface area contributed by atoms with E-state index in [9.17, 15) is 0 Å². The molecular weight excluding hydrogens is 381 g/mol. The van der Waals surface area contributed by atoms with E-state index in [1.165, 1.54) is 16.8 Å². The summed E-state index contributed by atoms with van der Waals surface area (Å²) in [5, 5.41) is 0. The molecular formula is C21H31Cl2N3O. The van der Waals surface area contributed by atoms with Gasteiger partial charge >= 0.3 is 0 Å². The number of piperazine rings is 1. The van der Waals surface area contributed by atoms with E-state index in [0.29, 0.717) is 0 Å². The highest BCUT2D eigenvalue weighted by Crippen LogP contribution is 2.23. The monoisotopic (exact) mass is 411 g/mol. The minimum Gasteiger partial charge on any atom is -0.494 e. The molecule has 0 unspecified atom stereocenters. The second-order valence-electron chi connectivity index (χ2n) is 6.82. The zero-order chi connectivity index (χ0) is 17.6. The predicted molar refractivity (Wildman–Crippen MR) is 120 cm³/mol. The van der Waals surface area contributed by atoms with Gasteiger partial charge in [-0.1, -0.05) is 12.1 Å². The summed E-state index contributed by atoms with van der Waals surface area (Å²) in [4.78, 5) is 5.05. The van der Waals surface area contributed by atoms with Gasteiger partial charge in [0.2, 0.25) is 0 Å². The van der Waals surface area contributed by atoms with Crippen LogP contribution in [0.15, 0.2) is 42.5 Å². The minimum absolute atomic E-state index is 0. The summed E-state index contributed by atoms with van der Waals surface area (Å²) in [5.41, 5.74) is 10.6. The lowest BCUT2D eigenvalue weighted by Gasteiger charge is -2.37. The lowest BCUT2D eigenvalue weighted by Crippen LogP contribution is -2.47. The number of halogens is 2. The smallest absolute Gasteiger partial charge is 0.119 e. The molecule has 1 aliphatic rings. The molecule has 4 nitrogen and oxygen atoms in total. The standard InChI is InChI=1S/C21H29N3O.2ClH/c1-17-5-3-6-21(18(17)2)24-14-12-23(13-15-24)11-4-16-25-20-9-7-19(22)8-10-20;;/h3,5-10H,4,11-16,22H2,1-2H3;2*1H. The summed E-state index contributed by atoms with van der Waals surface area (Å²) in [6.07, 6.45) is 1.05. The van der Waals surface area contributed by atoms with Crippen LogP contribution in [0.5, 0.6) is 5.75 Å². The molecule has 2 aromatic rings. The number of nitrogens with zero attached hydrogens (tertiary/aromatic N) is 2. The molecule has 1 heterocycles. The largest absolute Gasteiger partial charge is 0.494 e. The Hall–Kier alpha value is -1.62. The lowest BCUT2D eigenvalue weighted by atomic mass is 10.1. The number of nitrogen functional groups attached to an aromatic ring is 1. The van der Waals surface area contributed by atoms with Crippen molar-refractivity contribution >= 4 is 36.2 Å². The van der Waals surface area contributed by atoms with E-state index in [2.05, 4.69) is 41.8 Å². The summed E-state index contributed by atoms with van der Waals surface area (Å²) < 4.78 is 5.78. The summed E-state index contributed by atoms with van der Waals surface area (Å²) >= 11 is 0. The number of aryl methyl sites for hydroxylation is 1. The Morgan fingerprint density at radius 3 is 2.26 bits per heavy atom. The lowest BCUT2D eigenvalue weighted by molar-refractivity contribution is 0.224. The van der Waals surface area contributed by atoms with Crippen molar-refractivity contribution in [1.29, 1.82) is 0 Å². The number of rotatable bonds is 6. The van der Waals surface area contributed by atoms with Gasteiger partial charge in [-0.2, -0.15) is 0 Å². The van der Waals surface area contributed by atoms with E-state index in [1.54, 1.807) is 0 Å². The molecule has 0 atom stereocenters. The summed E-state index contributed by atoms with van der Waals surface area (Å²) in [6.45, 7) is 10.7. The van der Waals surface area contributed by atoms with Crippen molar-refractivity contribution in [1.82, 2.24) is 4.90 Å². The number of benzene rings is 2. The Labute approximate surface area is 175 Å². The fraction of sp³-hybridized carbons (Fsp3) is 0.429. The molecule has 27 heavy (non-hydrogen) atoms. The molecule has 2 N–H and O–H groups in total. The predicted octanol–water partition coefficient (Wildman–Crippen LogP) is 4.32. The van der Waals surface area contributed by atoms with Crippen molar-refractivity contribution in [3.63, 3.8) is 0 Å². The number of ether oxygens (including phenoxy) is 1. The molecule has 0 aliphatic carbocycles. The Kier molecular flexibility index (Phi) is 9.78. The van der Waals surface area contributed by atoms with Gasteiger partial charge in [-0.25, -0.2) is 0 Å². The van der Waals surface area contributed by atoms with Crippen LogP contribution in [0.25, 0.3) is 0 Å². The zero-order valence-electron chi connectivity index (χ0n) is 16.2. The van der Waals surface area contributed by atoms with Crippen LogP contribution in [-0.2, 0) is 0 Å². The first kappa shape index (κ1) is 23.4. The van der Waals surface area contributed by atoms with Gasteiger partial charge in [-0.3, -0.25) is 4.90 Å². The maximum atomic E-state index is 5.78. The number of anilines is 2. The van der Waals surface area contributed by atoms with Crippen LogP contribution < -0.4 is 15.4 Å². The normalized spacial score (nSPS) is 14.2. The Morgan fingerprint density at radius 1 is 0.926 bits per heavy atom. The van der Waals surface area contributed by atoms with Crippen LogP contribution in [0.3, 0.4) is 0 Å². The third-order valence-corrected chi connectivity index (χ3v) is 5.06. The maximum absolute atomic E-state index is 5.78. The second-order valence-corrected chi connectivity index (χ2v) is 6.82. The number of hydrogen-bond acceptors (Lipinski definition) is 4. The van der Waals surface area contributed by atoms with Gasteiger partial charge in [-0.05, 0) is 61.7 Å². The molecule has 3 rings (SSSR count). The third-order valence-electron chi connectivity index (χ3n) is 5.06. The maximum Gasteiger partial charge on any atom is 0.119 e. The molecule has 6 heteroatoms. The van der Waals surface area contributed by atoms with Gasteiger partial charge in [0.25, 0.3) is 0 Å². The summed E-state index contributed by atoms with van der Waals surface area (Å²) in [7, 11) is 0. The van der Waals surface area contributed by atoms with Crippen LogP contribution in [0.1, 0.15) is 17.5 Å². The topological polar surface area (TPSA) is 41.7 Å². The van der Waals surface area contributed by atoms with Crippen molar-refractivity contribution < 1.29 is 4.74 Å². The Balaban J connectivity index is 0.00000182. The second kappa shape index (κ2) is 11.3. The first-order valence-electron chi connectivity index (χ1n) is 9.15. The number of nitrogens with two attached hydrogens (primary N) is 1. The molecule has 0 radical (unpaired) electrons. The third kappa shape index (κ3) is 6.49. The van der Waals surface area contributed by atoms with Gasteiger partial charge in [0.15, 0.2) is 0 Å². The van der Waals surface area contributed by atoms with E-state index in [1.807, 2.05) is 24.3 Å². The van der Waals surface area contributed by atoms with Crippen LogP contribution in [0.2, 0.25) is 0 Å². The van der Waals surface area contributed by atoms with E-state index < -0.39 is 0 Å². The van der Waals surface area contributed by atoms with Crippen LogP contribution in [0, 0.1) is 13.8 Å². The molecule has 1 saturated heterocycles. The van der Waals surface area contributed by atoms with Gasteiger partial charge in [0, 0.05) is 44.1 Å². The highest BCUT2D eigenvalue weighted by Gasteiger charge is 2.18. The Bertz CT molecular complexity index is 686. The average molecular weight is 412 g/mol. The quantitative estimate of drug-likeness (QED) is 0.567. The fourth-order valence-corrected chi connectivity index (χ4v) is 3.33. The van der Waals surface area contributed by atoms with Crippen LogP contribution >= 0.6 is 24.8 Å². The Morgan fingerprint density at radius 2 is 1.59 bits per heavy atom. The number of hydrogen-bond donors (Lipinski definition) is 1. The zero-order valence-corrected chi connectivity index (χ0v) is 17.8. The molecule has 1 fully saturated rings. The summed E-state index contributed by atoms with van der Waals surface area (Å²) in [5.74, 6) is 0.897. The van der Waals surface area contributed by atoms with E-state index in [4.69, 9.17) is 10.5 Å². The fourth-order valence-electron chi connectivity index (χ4n) is 3.33. The van der Waals surface area contributed by atoms with E-state index in [0.717, 1.165) is 57.2 Å². The molecule has 2 aromatic carbocycles. The molecule has 0 saturated carbocycles. The average Bonchev–Trinajstić information content (AvgIpc) is 2.63. The highest BCUT2D eigenvalue weighted by atomic mass is 35.5. The molecule has 150 valence electrons. The SMILES string of the molecule is Cc1cccc(N2CCN(CCCOc3ccc(N)cc3)CC2)c1C.Cl.Cl. The first-order valence-corrected chi connectivity index (χ1v) is 9.15. The van der Waals surface area contributed by atoms with Crippen molar-refractivity contribution in [3.05, 3.63) is 53.6 Å². The van der Waals surface area contributed by atoms with Gasteiger partial charge in [0.1, 0.15) is 5.75 Å². The van der Waals surface area contributed by atoms with Gasteiger partial charge in [0.05, 0.1) is 6.61 Å². The van der Waals surface area contributed by atoms with Crippen LogP contribution in [-0.4, -0.2) is 44.2 Å². The van der Waals surface area contributed by atoms with Crippen molar-refractivity contribution in [2.75, 3.05) is 50.0 Å². The van der Waals surface area contributed by atoms with Crippen molar-refractivity contribution in [2.24, 2.45) is 0 Å². The molecule has 0 aromatic heterocycles. The van der Waals surface area contributed by atoms with Gasteiger partial charge < -0.3 is 15.4 Å². The van der Waals surface area contributed by atoms with E-state index >= 15 is 0 Å². The highest BCUT2D eigenvalue weighted by molar-refractivity contribution is 5.85. The van der Waals surface area contributed by atoms with Crippen molar-refractivity contribution in [3.8, 4) is 5.75 Å². The molecule has 0 amide bonds. The first-order chi connectivity index (χ1) is 12.1. The molecule has 0 bridgehead atoms. The van der Waals surface area contributed by atoms with Gasteiger partial charge in [-0.15, -0.1) is 24.8 Å². The van der Waals surface area contributed by atoms with Crippen molar-refractivity contribution in [2.45, 2.75) is 20.3 Å².